The third-order valence-corrected chi connectivity index (χ3v) is 6.09. The predicted molar refractivity (Wildman–Crippen MR) is 135 cm³/mol. The zero-order chi connectivity index (χ0) is 25.4. The standard InChI is InChI=1S/C27H24N4O5/c1-15-10-11-18(12-16(15)2)31-27(32)20-9-7-6-8-19(20)23(29-31)26-28-25(30-36-26)17-13-21(33-3)24(35-5)22(14-17)34-4/h6-14H,1-5H3. The molecule has 0 radical (unpaired) electrons. The number of methoxy groups -OCH3 is 3. The number of benzene rings is 3. The molecule has 0 saturated carbocycles. The van der Waals surface area contributed by atoms with Crippen LogP contribution in [0.2, 0.25) is 0 Å². The van der Waals surface area contributed by atoms with Gasteiger partial charge in [0.15, 0.2) is 17.2 Å². The number of fused-ring (bicyclic) bond motifs is 1. The van der Waals surface area contributed by atoms with E-state index in [1.54, 1.807) is 18.2 Å². The van der Waals surface area contributed by atoms with Gasteiger partial charge in [0.25, 0.3) is 11.4 Å². The van der Waals surface area contributed by atoms with Gasteiger partial charge in [-0.15, -0.1) is 0 Å². The van der Waals surface area contributed by atoms with Crippen molar-refractivity contribution in [2.75, 3.05) is 21.3 Å². The summed E-state index contributed by atoms with van der Waals surface area (Å²) in [4.78, 5) is 17.9. The fraction of sp³-hybridized carbons (Fsp3) is 0.185. The van der Waals surface area contributed by atoms with Crippen molar-refractivity contribution in [1.29, 1.82) is 0 Å². The Morgan fingerprint density at radius 2 is 1.53 bits per heavy atom. The van der Waals surface area contributed by atoms with Crippen molar-refractivity contribution in [3.8, 4) is 45.9 Å². The van der Waals surface area contributed by atoms with E-state index in [-0.39, 0.29) is 11.4 Å². The summed E-state index contributed by atoms with van der Waals surface area (Å²) in [5.41, 5.74) is 3.60. The van der Waals surface area contributed by atoms with E-state index in [1.807, 2.05) is 50.2 Å². The van der Waals surface area contributed by atoms with Crippen LogP contribution in [0.25, 0.3) is 39.4 Å². The zero-order valence-electron chi connectivity index (χ0n) is 20.5. The van der Waals surface area contributed by atoms with Crippen LogP contribution in [0.1, 0.15) is 11.1 Å². The number of aromatic nitrogens is 4. The molecule has 0 amide bonds. The SMILES string of the molecule is COc1cc(-c2noc(-c3nn(-c4ccc(C)c(C)c4)c(=O)c4ccccc34)n2)cc(OC)c1OC. The van der Waals surface area contributed by atoms with Crippen LogP contribution in [-0.2, 0) is 0 Å². The topological polar surface area (TPSA) is 102 Å². The molecule has 9 nitrogen and oxygen atoms in total. The second-order valence-electron chi connectivity index (χ2n) is 8.22. The second-order valence-corrected chi connectivity index (χ2v) is 8.22. The molecule has 36 heavy (non-hydrogen) atoms. The van der Waals surface area contributed by atoms with Gasteiger partial charge >= 0.3 is 0 Å². The Bertz CT molecular complexity index is 1630. The number of hydrogen-bond acceptors (Lipinski definition) is 8. The third kappa shape index (κ3) is 3.84. The van der Waals surface area contributed by atoms with Crippen LogP contribution in [0.4, 0.5) is 0 Å². The Hall–Kier alpha value is -4.66. The number of nitrogens with zero attached hydrogens (tertiary/aromatic N) is 4. The summed E-state index contributed by atoms with van der Waals surface area (Å²) in [5.74, 6) is 1.86. The van der Waals surface area contributed by atoms with Gasteiger partial charge in [-0.05, 0) is 55.3 Å². The molecular weight excluding hydrogens is 460 g/mol. The Kier molecular flexibility index (Phi) is 5.89. The molecule has 2 aromatic heterocycles. The van der Waals surface area contributed by atoms with Crippen molar-refractivity contribution in [2.24, 2.45) is 0 Å². The van der Waals surface area contributed by atoms with Crippen molar-refractivity contribution in [2.45, 2.75) is 13.8 Å². The summed E-state index contributed by atoms with van der Waals surface area (Å²) < 4.78 is 23.3. The second kappa shape index (κ2) is 9.18. The summed E-state index contributed by atoms with van der Waals surface area (Å²) in [6, 6.07) is 16.4. The van der Waals surface area contributed by atoms with Gasteiger partial charge in [-0.2, -0.15) is 14.8 Å². The molecule has 0 N–H and O–H groups in total. The normalized spacial score (nSPS) is 11.0. The lowest BCUT2D eigenvalue weighted by atomic mass is 10.1. The molecule has 3 aromatic carbocycles. The molecule has 5 rings (SSSR count). The summed E-state index contributed by atoms with van der Waals surface area (Å²) in [5, 5.41) is 9.92. The highest BCUT2D eigenvalue weighted by molar-refractivity contribution is 5.92. The van der Waals surface area contributed by atoms with Crippen molar-refractivity contribution >= 4 is 10.8 Å². The van der Waals surface area contributed by atoms with Gasteiger partial charge in [0.2, 0.25) is 11.6 Å². The first-order valence-electron chi connectivity index (χ1n) is 11.2. The van der Waals surface area contributed by atoms with E-state index in [9.17, 15) is 4.79 Å². The average Bonchev–Trinajstić information content (AvgIpc) is 3.40. The molecule has 2 heterocycles. The van der Waals surface area contributed by atoms with E-state index < -0.39 is 0 Å². The molecule has 0 bridgehead atoms. The van der Waals surface area contributed by atoms with E-state index in [1.165, 1.54) is 26.0 Å². The van der Waals surface area contributed by atoms with E-state index in [2.05, 4.69) is 15.2 Å². The van der Waals surface area contributed by atoms with Crippen LogP contribution < -0.4 is 19.8 Å². The molecule has 0 saturated heterocycles. The molecule has 9 heteroatoms. The molecule has 182 valence electrons. The lowest BCUT2D eigenvalue weighted by molar-refractivity contribution is 0.324. The number of aryl methyl sites for hydroxylation is 2. The molecule has 0 aliphatic carbocycles. The molecule has 0 atom stereocenters. The Labute approximate surface area is 206 Å². The lowest BCUT2D eigenvalue weighted by Gasteiger charge is -2.12. The number of hydrogen-bond donors (Lipinski definition) is 0. The third-order valence-electron chi connectivity index (χ3n) is 6.09. The monoisotopic (exact) mass is 484 g/mol. The van der Waals surface area contributed by atoms with Gasteiger partial charge in [0, 0.05) is 10.9 Å². The highest BCUT2D eigenvalue weighted by Gasteiger charge is 2.21. The largest absolute Gasteiger partial charge is 0.493 e. The fourth-order valence-corrected chi connectivity index (χ4v) is 4.03. The maximum Gasteiger partial charge on any atom is 0.279 e. The predicted octanol–water partition coefficient (Wildman–Crippen LogP) is 4.75. The average molecular weight is 485 g/mol. The van der Waals surface area contributed by atoms with E-state index >= 15 is 0 Å². The summed E-state index contributed by atoms with van der Waals surface area (Å²) in [6.07, 6.45) is 0. The number of rotatable bonds is 6. The summed E-state index contributed by atoms with van der Waals surface area (Å²) in [6.45, 7) is 4.01. The van der Waals surface area contributed by atoms with E-state index in [4.69, 9.17) is 18.7 Å². The zero-order valence-corrected chi connectivity index (χ0v) is 20.5. The van der Waals surface area contributed by atoms with E-state index in [0.29, 0.717) is 50.8 Å². The van der Waals surface area contributed by atoms with Crippen molar-refractivity contribution < 1.29 is 18.7 Å². The molecular formula is C27H24N4O5. The van der Waals surface area contributed by atoms with Crippen LogP contribution in [0.5, 0.6) is 17.2 Å². The first-order valence-corrected chi connectivity index (χ1v) is 11.2. The van der Waals surface area contributed by atoms with E-state index in [0.717, 1.165) is 11.1 Å². The minimum atomic E-state index is -0.234. The Morgan fingerprint density at radius 3 is 2.17 bits per heavy atom. The first-order chi connectivity index (χ1) is 17.4. The maximum atomic E-state index is 13.3. The van der Waals surface area contributed by atoms with Gasteiger partial charge in [0.1, 0.15) is 0 Å². The first kappa shape index (κ1) is 23.1. The smallest absolute Gasteiger partial charge is 0.279 e. The molecule has 0 aliphatic heterocycles. The summed E-state index contributed by atoms with van der Waals surface area (Å²) in [7, 11) is 4.61. The molecule has 0 aliphatic rings. The van der Waals surface area contributed by atoms with Crippen LogP contribution >= 0.6 is 0 Å². The fourth-order valence-electron chi connectivity index (χ4n) is 4.03. The highest BCUT2D eigenvalue weighted by Crippen LogP contribution is 2.41. The Balaban J connectivity index is 1.69. The molecule has 0 unspecified atom stereocenters. The van der Waals surface area contributed by atoms with Gasteiger partial charge in [-0.3, -0.25) is 4.79 Å². The maximum absolute atomic E-state index is 13.3. The minimum Gasteiger partial charge on any atom is -0.493 e. The van der Waals surface area contributed by atoms with Gasteiger partial charge in [-0.25, -0.2) is 0 Å². The molecule has 0 spiro atoms. The minimum absolute atomic E-state index is 0.174. The van der Waals surface area contributed by atoms with Gasteiger partial charge < -0.3 is 18.7 Å². The van der Waals surface area contributed by atoms with Crippen molar-refractivity contribution in [3.63, 3.8) is 0 Å². The molecule has 5 aromatic rings. The van der Waals surface area contributed by atoms with Crippen molar-refractivity contribution in [1.82, 2.24) is 19.9 Å². The highest BCUT2D eigenvalue weighted by atomic mass is 16.5. The van der Waals surface area contributed by atoms with Gasteiger partial charge in [-0.1, -0.05) is 29.4 Å². The Morgan fingerprint density at radius 1 is 0.833 bits per heavy atom. The lowest BCUT2D eigenvalue weighted by Crippen LogP contribution is -2.22. The van der Waals surface area contributed by atoms with Crippen LogP contribution in [0.15, 0.2) is 63.9 Å². The summed E-state index contributed by atoms with van der Waals surface area (Å²) >= 11 is 0. The van der Waals surface area contributed by atoms with Crippen LogP contribution in [0.3, 0.4) is 0 Å². The van der Waals surface area contributed by atoms with Crippen LogP contribution in [-0.4, -0.2) is 41.3 Å². The van der Waals surface area contributed by atoms with Crippen molar-refractivity contribution in [3.05, 3.63) is 76.1 Å². The van der Waals surface area contributed by atoms with Crippen LogP contribution in [0, 0.1) is 13.8 Å². The van der Waals surface area contributed by atoms with Gasteiger partial charge in [0.05, 0.1) is 32.4 Å². The quantitative estimate of drug-likeness (QED) is 0.340. The molecule has 0 fully saturated rings. The number of ether oxygens (including phenoxy) is 3.